The summed E-state index contributed by atoms with van der Waals surface area (Å²) in [6, 6.07) is 57.6. The van der Waals surface area contributed by atoms with Crippen LogP contribution in [0.3, 0.4) is 0 Å². The lowest BCUT2D eigenvalue weighted by Crippen LogP contribution is -2.33. The molecule has 51 heavy (non-hydrogen) atoms. The molecule has 1 aliphatic carbocycles. The van der Waals surface area contributed by atoms with Gasteiger partial charge in [-0.25, -0.2) is 9.98 Å². The minimum atomic E-state index is -0.352. The molecule has 0 aromatic heterocycles. The molecular formula is C47H34N4. The molecule has 4 heteroatoms. The van der Waals surface area contributed by atoms with Gasteiger partial charge in [0.25, 0.3) is 0 Å². The summed E-state index contributed by atoms with van der Waals surface area (Å²) in [5.41, 5.74) is 13.2. The van der Waals surface area contributed by atoms with E-state index in [1.165, 1.54) is 38.6 Å². The minimum absolute atomic E-state index is 0.195. The first-order chi connectivity index (χ1) is 25.0. The van der Waals surface area contributed by atoms with E-state index >= 15 is 0 Å². The summed E-state index contributed by atoms with van der Waals surface area (Å²) < 4.78 is 0. The lowest BCUT2D eigenvalue weighted by molar-refractivity contribution is 0.660. The van der Waals surface area contributed by atoms with Gasteiger partial charge in [-0.2, -0.15) is 5.26 Å². The molecule has 0 fully saturated rings. The second-order valence-electron chi connectivity index (χ2n) is 13.8. The number of nitrogens with one attached hydrogen (secondary N) is 1. The van der Waals surface area contributed by atoms with Crippen molar-refractivity contribution in [2.24, 2.45) is 9.98 Å². The highest BCUT2D eigenvalue weighted by molar-refractivity contribution is 6.13. The Hall–Kier alpha value is -6.57. The number of rotatable bonds is 5. The van der Waals surface area contributed by atoms with E-state index in [0.29, 0.717) is 11.4 Å². The molecule has 0 radical (unpaired) electrons. The Labute approximate surface area is 298 Å². The molecule has 7 aromatic rings. The normalized spacial score (nSPS) is 15.6. The Morgan fingerprint density at radius 3 is 1.96 bits per heavy atom. The van der Waals surface area contributed by atoms with Crippen molar-refractivity contribution < 1.29 is 0 Å². The Morgan fingerprint density at radius 2 is 1.22 bits per heavy atom. The predicted molar refractivity (Wildman–Crippen MR) is 209 cm³/mol. The molecule has 1 atom stereocenters. The average Bonchev–Trinajstić information content (AvgIpc) is 3.42. The largest absolute Gasteiger partial charge is 0.344 e. The fourth-order valence-electron chi connectivity index (χ4n) is 7.72. The van der Waals surface area contributed by atoms with Crippen molar-refractivity contribution >= 4 is 22.4 Å². The van der Waals surface area contributed by atoms with E-state index < -0.39 is 0 Å². The van der Waals surface area contributed by atoms with Crippen LogP contribution in [0.15, 0.2) is 168 Å². The third-order valence-electron chi connectivity index (χ3n) is 10.4. The first kappa shape index (κ1) is 30.5. The second kappa shape index (κ2) is 12.1. The highest BCUT2D eigenvalue weighted by Gasteiger charge is 2.36. The van der Waals surface area contributed by atoms with Crippen LogP contribution in [0.2, 0.25) is 0 Å². The third kappa shape index (κ3) is 5.23. The Balaban J connectivity index is 1.13. The molecule has 1 heterocycles. The summed E-state index contributed by atoms with van der Waals surface area (Å²) in [6.07, 6.45) is -0.352. The highest BCUT2D eigenvalue weighted by atomic mass is 15.2. The molecule has 1 N–H and O–H groups in total. The molecule has 0 saturated heterocycles. The molecule has 7 aromatic carbocycles. The number of benzene rings is 7. The van der Waals surface area contributed by atoms with Gasteiger partial charge in [-0.15, -0.1) is 0 Å². The topological polar surface area (TPSA) is 60.5 Å². The van der Waals surface area contributed by atoms with Gasteiger partial charge >= 0.3 is 0 Å². The van der Waals surface area contributed by atoms with E-state index in [1.807, 2.05) is 48.5 Å². The number of aliphatic imine (C=N–C) groups is 2. The summed E-state index contributed by atoms with van der Waals surface area (Å²) in [4.78, 5) is 10.2. The smallest absolute Gasteiger partial charge is 0.159 e. The molecule has 0 spiro atoms. The van der Waals surface area contributed by atoms with Crippen LogP contribution in [0.25, 0.3) is 44.2 Å². The van der Waals surface area contributed by atoms with Crippen LogP contribution < -0.4 is 5.32 Å². The lowest BCUT2D eigenvalue weighted by atomic mass is 9.81. The monoisotopic (exact) mass is 654 g/mol. The zero-order valence-corrected chi connectivity index (χ0v) is 28.4. The maximum absolute atomic E-state index is 9.56. The van der Waals surface area contributed by atoms with Crippen LogP contribution >= 0.6 is 0 Å². The summed E-state index contributed by atoms with van der Waals surface area (Å²) >= 11 is 0. The molecule has 0 amide bonds. The molecule has 0 saturated carbocycles. The van der Waals surface area contributed by atoms with E-state index in [2.05, 4.69) is 134 Å². The van der Waals surface area contributed by atoms with E-state index in [-0.39, 0.29) is 11.6 Å². The second-order valence-corrected chi connectivity index (χ2v) is 13.8. The average molecular weight is 655 g/mol. The van der Waals surface area contributed by atoms with Gasteiger partial charge in [-0.1, -0.05) is 153 Å². The van der Waals surface area contributed by atoms with Gasteiger partial charge in [0.15, 0.2) is 5.84 Å². The molecule has 0 bridgehead atoms. The van der Waals surface area contributed by atoms with Gasteiger partial charge in [0, 0.05) is 22.1 Å². The molecule has 1 unspecified atom stereocenters. The maximum Gasteiger partial charge on any atom is 0.159 e. The zero-order valence-electron chi connectivity index (χ0n) is 28.4. The SMILES string of the molecule is CC1(C)c2cc(C#N)ccc2-c2ccc(-c3ccc(-c4c(C5N=C(c6ccccc6)N=C(c6ccccc6)N5)ccc5ccccc45)cc3)cc21. The van der Waals surface area contributed by atoms with Crippen molar-refractivity contribution in [3.05, 3.63) is 191 Å². The Bertz CT molecular complexity index is 2570. The number of fused-ring (bicyclic) bond motifs is 4. The van der Waals surface area contributed by atoms with Crippen molar-refractivity contribution in [2.45, 2.75) is 25.4 Å². The highest BCUT2D eigenvalue weighted by Crippen LogP contribution is 2.50. The predicted octanol–water partition coefficient (Wildman–Crippen LogP) is 10.8. The number of nitrogens with zero attached hydrogens (tertiary/aromatic N) is 3. The fourth-order valence-corrected chi connectivity index (χ4v) is 7.72. The third-order valence-corrected chi connectivity index (χ3v) is 10.4. The number of hydrogen-bond acceptors (Lipinski definition) is 4. The lowest BCUT2D eigenvalue weighted by Gasteiger charge is -2.26. The van der Waals surface area contributed by atoms with Gasteiger partial charge in [-0.3, -0.25) is 0 Å². The van der Waals surface area contributed by atoms with Crippen molar-refractivity contribution in [3.8, 4) is 39.4 Å². The van der Waals surface area contributed by atoms with Gasteiger partial charge in [0.05, 0.1) is 11.6 Å². The molecule has 4 nitrogen and oxygen atoms in total. The van der Waals surface area contributed by atoms with Gasteiger partial charge in [-0.05, 0) is 73.5 Å². The number of amidine groups is 2. The van der Waals surface area contributed by atoms with Crippen LogP contribution in [0.1, 0.15) is 53.4 Å². The van der Waals surface area contributed by atoms with Crippen LogP contribution in [-0.4, -0.2) is 11.7 Å². The first-order valence-electron chi connectivity index (χ1n) is 17.3. The summed E-state index contributed by atoms with van der Waals surface area (Å²) in [5.74, 6) is 1.51. The minimum Gasteiger partial charge on any atom is -0.344 e. The van der Waals surface area contributed by atoms with E-state index in [9.17, 15) is 5.26 Å². The van der Waals surface area contributed by atoms with Gasteiger partial charge in [0.1, 0.15) is 12.0 Å². The van der Waals surface area contributed by atoms with Crippen molar-refractivity contribution in [3.63, 3.8) is 0 Å². The summed E-state index contributed by atoms with van der Waals surface area (Å²) in [6.45, 7) is 4.51. The Kier molecular flexibility index (Phi) is 7.22. The van der Waals surface area contributed by atoms with Gasteiger partial charge in [0.2, 0.25) is 0 Å². The standard InChI is InChI=1S/C47H34N4/c1-47(2)41-27-30(29-48)17-24-38(41)39-25-23-36(28-42(39)47)31-18-20-33(21-19-31)43-37-16-10-9-11-32(37)22-26-40(43)46-50-44(34-12-5-3-6-13-34)49-45(51-46)35-14-7-4-8-15-35/h3-28,46H,1-2H3,(H,49,50,51). The van der Waals surface area contributed by atoms with Crippen LogP contribution in [0.4, 0.5) is 0 Å². The fraction of sp³-hybridized carbons (Fsp3) is 0.0851. The van der Waals surface area contributed by atoms with E-state index in [0.717, 1.165) is 39.2 Å². The molecule has 242 valence electrons. The zero-order chi connectivity index (χ0) is 34.5. The Morgan fingerprint density at radius 1 is 0.588 bits per heavy atom. The van der Waals surface area contributed by atoms with E-state index in [1.54, 1.807) is 0 Å². The first-order valence-corrected chi connectivity index (χ1v) is 17.3. The molecule has 1 aliphatic heterocycles. The quantitative estimate of drug-likeness (QED) is 0.201. The maximum atomic E-state index is 9.56. The number of hydrogen-bond donors (Lipinski definition) is 1. The van der Waals surface area contributed by atoms with Crippen LogP contribution in [0, 0.1) is 11.3 Å². The number of nitriles is 1. The van der Waals surface area contributed by atoms with Crippen molar-refractivity contribution in [1.82, 2.24) is 5.32 Å². The van der Waals surface area contributed by atoms with Crippen LogP contribution in [0.5, 0.6) is 0 Å². The van der Waals surface area contributed by atoms with Gasteiger partial charge < -0.3 is 5.32 Å². The summed E-state index contributed by atoms with van der Waals surface area (Å²) in [7, 11) is 0. The molecule has 2 aliphatic rings. The summed E-state index contributed by atoms with van der Waals surface area (Å²) in [5, 5.41) is 15.6. The van der Waals surface area contributed by atoms with Crippen LogP contribution in [-0.2, 0) is 5.41 Å². The molecule has 9 rings (SSSR count). The van der Waals surface area contributed by atoms with E-state index in [4.69, 9.17) is 9.98 Å². The molecular weight excluding hydrogens is 621 g/mol. The van der Waals surface area contributed by atoms with Crippen molar-refractivity contribution in [2.75, 3.05) is 0 Å². The van der Waals surface area contributed by atoms with Crippen molar-refractivity contribution in [1.29, 1.82) is 5.26 Å².